The Morgan fingerprint density at radius 2 is 1.89 bits per heavy atom. The molecule has 1 aromatic rings. The number of likely N-dealkylation sites (N-methyl/N-ethyl adjacent to an activating group) is 1. The van der Waals surface area contributed by atoms with Crippen molar-refractivity contribution in [2.75, 3.05) is 26.8 Å². The molecule has 0 bridgehead atoms. The number of aliphatic hydroxyl groups is 1. The fourth-order valence-corrected chi connectivity index (χ4v) is 5.20. The monoisotopic (exact) mass is 515 g/mol. The first-order valence-electron chi connectivity index (χ1n) is 14.3. The quantitative estimate of drug-likeness (QED) is 0.531. The van der Waals surface area contributed by atoms with Crippen LogP contribution in [0.5, 0.6) is 0 Å². The summed E-state index contributed by atoms with van der Waals surface area (Å²) >= 11 is 0. The molecule has 3 rings (SSSR count). The minimum Gasteiger partial charge on any atom is -0.390 e. The van der Waals surface area contributed by atoms with Gasteiger partial charge in [-0.3, -0.25) is 9.59 Å². The third kappa shape index (κ3) is 8.52. The van der Waals surface area contributed by atoms with Crippen molar-refractivity contribution >= 4 is 11.8 Å². The van der Waals surface area contributed by atoms with Gasteiger partial charge >= 0.3 is 0 Å². The highest BCUT2D eigenvalue weighted by molar-refractivity contribution is 5.87. The number of benzene rings is 1. The van der Waals surface area contributed by atoms with E-state index < -0.39 is 12.1 Å². The van der Waals surface area contributed by atoms with Gasteiger partial charge in [-0.15, -0.1) is 0 Å². The topological polar surface area (TPSA) is 90.9 Å². The molecule has 0 unspecified atom stereocenters. The predicted molar refractivity (Wildman–Crippen MR) is 147 cm³/mol. The lowest BCUT2D eigenvalue weighted by Gasteiger charge is -2.31. The number of nitrogens with one attached hydrogen (secondary N) is 2. The number of aliphatic hydroxyl groups excluding tert-OH is 1. The number of ether oxygens (including phenoxy) is 1. The number of carbonyl (C=O) groups excluding carboxylic acids is 2. The molecule has 0 radical (unpaired) electrons. The van der Waals surface area contributed by atoms with E-state index in [0.717, 1.165) is 44.9 Å². The molecular weight excluding hydrogens is 466 g/mol. The van der Waals surface area contributed by atoms with Crippen LogP contribution in [0.4, 0.5) is 0 Å². The normalized spacial score (nSPS) is 27.1. The lowest BCUT2D eigenvalue weighted by Crippen LogP contribution is -2.54. The van der Waals surface area contributed by atoms with Crippen LogP contribution in [0.2, 0.25) is 0 Å². The summed E-state index contributed by atoms with van der Waals surface area (Å²) in [5.41, 5.74) is 2.50. The SMILES string of the molecule is CC(C)c1cccc(C2(NC[C@@H](O)[C@@H]3C[C@H](C)CCCCCCOCC(=O)N(C)[C@@H](C)C(=O)N3)CC2)c1. The average Bonchev–Trinajstić information content (AvgIpc) is 3.68. The van der Waals surface area contributed by atoms with E-state index in [1.165, 1.54) is 16.0 Å². The standard InChI is InChI=1S/C30H49N3O4/c1-21(2)24-12-10-13-25(18-24)30(14-15-30)31-19-27(34)26-17-22(3)11-8-6-7-9-16-37-20-28(35)33(5)23(4)29(36)32-26/h10,12-13,18,21-23,26-27,31,34H,6-9,11,14-17,19-20H2,1-5H3,(H,32,36)/t22-,23+,26+,27-/m1/s1. The fourth-order valence-electron chi connectivity index (χ4n) is 5.20. The van der Waals surface area contributed by atoms with Gasteiger partial charge < -0.3 is 25.4 Å². The Bertz CT molecular complexity index is 885. The Morgan fingerprint density at radius 1 is 1.16 bits per heavy atom. The van der Waals surface area contributed by atoms with Gasteiger partial charge in [-0.25, -0.2) is 0 Å². The van der Waals surface area contributed by atoms with Gasteiger partial charge in [0.2, 0.25) is 11.8 Å². The molecule has 1 saturated carbocycles. The fraction of sp³-hybridized carbons (Fsp3) is 0.733. The second-order valence-electron chi connectivity index (χ2n) is 11.7. The average molecular weight is 516 g/mol. The van der Waals surface area contributed by atoms with E-state index in [0.29, 0.717) is 31.4 Å². The lowest BCUT2D eigenvalue weighted by molar-refractivity contribution is -0.142. The van der Waals surface area contributed by atoms with Crippen molar-refractivity contribution in [1.82, 2.24) is 15.5 Å². The number of amides is 2. The zero-order chi connectivity index (χ0) is 27.0. The first kappa shape index (κ1) is 29.6. The summed E-state index contributed by atoms with van der Waals surface area (Å²) < 4.78 is 5.54. The Balaban J connectivity index is 1.68. The maximum Gasteiger partial charge on any atom is 0.248 e. The van der Waals surface area contributed by atoms with Crippen LogP contribution < -0.4 is 10.6 Å². The molecule has 3 N–H and O–H groups in total. The van der Waals surface area contributed by atoms with Crippen LogP contribution in [0.3, 0.4) is 0 Å². The molecule has 7 nitrogen and oxygen atoms in total. The number of hydrogen-bond donors (Lipinski definition) is 3. The summed E-state index contributed by atoms with van der Waals surface area (Å²) in [6, 6.07) is 7.72. The molecule has 7 heteroatoms. The molecule has 1 heterocycles. The van der Waals surface area contributed by atoms with Crippen LogP contribution in [0, 0.1) is 5.92 Å². The number of nitrogens with zero attached hydrogens (tertiary/aromatic N) is 1. The molecule has 37 heavy (non-hydrogen) atoms. The first-order chi connectivity index (χ1) is 17.6. The summed E-state index contributed by atoms with van der Waals surface area (Å²) in [6.45, 7) is 9.29. The van der Waals surface area contributed by atoms with Crippen molar-refractivity contribution in [2.45, 2.75) is 109 Å². The molecule has 1 aliphatic heterocycles. The number of carbonyl (C=O) groups is 2. The highest BCUT2D eigenvalue weighted by atomic mass is 16.5. The molecule has 4 atom stereocenters. The van der Waals surface area contributed by atoms with Gasteiger partial charge in [0.15, 0.2) is 0 Å². The minimum atomic E-state index is -0.729. The van der Waals surface area contributed by atoms with E-state index >= 15 is 0 Å². The van der Waals surface area contributed by atoms with Gasteiger partial charge in [-0.05, 0) is 55.6 Å². The lowest BCUT2D eigenvalue weighted by atomic mass is 9.92. The van der Waals surface area contributed by atoms with Crippen LogP contribution in [0.15, 0.2) is 24.3 Å². The van der Waals surface area contributed by atoms with E-state index in [1.807, 2.05) is 0 Å². The van der Waals surface area contributed by atoms with E-state index in [9.17, 15) is 14.7 Å². The third-order valence-electron chi connectivity index (χ3n) is 8.27. The summed E-state index contributed by atoms with van der Waals surface area (Å²) in [5.74, 6) is 0.387. The van der Waals surface area contributed by atoms with Gasteiger partial charge in [0.1, 0.15) is 12.6 Å². The van der Waals surface area contributed by atoms with Crippen molar-refractivity contribution in [3.8, 4) is 0 Å². The third-order valence-corrected chi connectivity index (χ3v) is 8.27. The summed E-state index contributed by atoms with van der Waals surface area (Å²) in [7, 11) is 1.64. The second kappa shape index (κ2) is 13.7. The smallest absolute Gasteiger partial charge is 0.248 e. The van der Waals surface area contributed by atoms with Crippen molar-refractivity contribution in [3.63, 3.8) is 0 Å². The zero-order valence-electron chi connectivity index (χ0n) is 23.6. The maximum absolute atomic E-state index is 13.1. The van der Waals surface area contributed by atoms with Crippen molar-refractivity contribution in [2.24, 2.45) is 5.92 Å². The van der Waals surface area contributed by atoms with Crippen molar-refractivity contribution < 1.29 is 19.4 Å². The Labute approximate surface area is 223 Å². The minimum absolute atomic E-state index is 0.0127. The molecule has 0 spiro atoms. The van der Waals surface area contributed by atoms with Crippen LogP contribution in [-0.2, 0) is 19.9 Å². The summed E-state index contributed by atoms with van der Waals surface area (Å²) in [5, 5.41) is 18.0. The first-order valence-corrected chi connectivity index (χ1v) is 14.3. The molecule has 2 fully saturated rings. The Hall–Kier alpha value is -1.96. The molecule has 2 amide bonds. The number of rotatable bonds is 6. The highest BCUT2D eigenvalue weighted by Gasteiger charge is 2.44. The van der Waals surface area contributed by atoms with Gasteiger partial charge in [-0.1, -0.05) is 70.7 Å². The van der Waals surface area contributed by atoms with Crippen LogP contribution in [-0.4, -0.2) is 66.8 Å². The molecule has 1 aromatic carbocycles. The molecule has 2 aliphatic rings. The largest absolute Gasteiger partial charge is 0.390 e. The Kier molecular flexibility index (Phi) is 11.0. The molecular formula is C30H49N3O4. The van der Waals surface area contributed by atoms with E-state index in [-0.39, 0.29) is 30.0 Å². The molecule has 1 aliphatic carbocycles. The zero-order valence-corrected chi connectivity index (χ0v) is 23.6. The maximum atomic E-state index is 13.1. The number of hydrogen-bond acceptors (Lipinski definition) is 5. The second-order valence-corrected chi connectivity index (χ2v) is 11.7. The van der Waals surface area contributed by atoms with E-state index in [2.05, 4.69) is 55.7 Å². The molecule has 208 valence electrons. The summed E-state index contributed by atoms with van der Waals surface area (Å²) in [6.07, 6.45) is 7.39. The van der Waals surface area contributed by atoms with E-state index in [4.69, 9.17) is 4.74 Å². The van der Waals surface area contributed by atoms with Gasteiger partial charge in [0, 0.05) is 25.7 Å². The van der Waals surface area contributed by atoms with Crippen molar-refractivity contribution in [3.05, 3.63) is 35.4 Å². The van der Waals surface area contributed by atoms with Gasteiger partial charge in [0.25, 0.3) is 0 Å². The van der Waals surface area contributed by atoms with Crippen molar-refractivity contribution in [1.29, 1.82) is 0 Å². The van der Waals surface area contributed by atoms with Gasteiger partial charge in [0.05, 0.1) is 12.1 Å². The van der Waals surface area contributed by atoms with Crippen LogP contribution in [0.25, 0.3) is 0 Å². The van der Waals surface area contributed by atoms with E-state index in [1.54, 1.807) is 14.0 Å². The predicted octanol–water partition coefficient (Wildman–Crippen LogP) is 4.09. The van der Waals surface area contributed by atoms with Gasteiger partial charge in [-0.2, -0.15) is 0 Å². The summed E-state index contributed by atoms with van der Waals surface area (Å²) in [4.78, 5) is 27.1. The Morgan fingerprint density at radius 3 is 2.59 bits per heavy atom. The van der Waals surface area contributed by atoms with Crippen LogP contribution in [0.1, 0.15) is 96.1 Å². The highest BCUT2D eigenvalue weighted by Crippen LogP contribution is 2.46. The van der Waals surface area contributed by atoms with Crippen LogP contribution >= 0.6 is 0 Å². The molecule has 0 aromatic heterocycles. The molecule has 1 saturated heterocycles.